The van der Waals surface area contributed by atoms with Gasteiger partial charge in [0.05, 0.1) is 11.2 Å². The summed E-state index contributed by atoms with van der Waals surface area (Å²) in [6, 6.07) is 11.8. The zero-order valence-electron chi connectivity index (χ0n) is 27.6. The van der Waals surface area contributed by atoms with Crippen molar-refractivity contribution in [3.8, 4) is 5.75 Å². The van der Waals surface area contributed by atoms with Crippen LogP contribution in [0.1, 0.15) is 33.3 Å². The second-order valence-corrected chi connectivity index (χ2v) is 12.0. The number of methoxy groups -OCH3 is 1. The SMILES string of the molecule is C=N\C(C)=N/C(=C/SC)/N=C/N1CCN(S(=O)(=O)c2ccc(OC(F)(F)F)cc2)[C@@H](C(=O)NCc2ccccc2)C1.CC.COC(C)F. The maximum Gasteiger partial charge on any atom is 0.573 e. The number of alkyl halides is 4. The van der Waals surface area contributed by atoms with Gasteiger partial charge in [-0.2, -0.15) is 4.31 Å². The Kier molecular flexibility index (Phi) is 18.7. The van der Waals surface area contributed by atoms with E-state index < -0.39 is 40.4 Å². The highest BCUT2D eigenvalue weighted by Gasteiger charge is 2.40. The molecule has 0 radical (unpaired) electrons. The third kappa shape index (κ3) is 15.0. The molecule has 1 aliphatic heterocycles. The lowest BCUT2D eigenvalue weighted by Gasteiger charge is -2.38. The molecule has 2 aromatic carbocycles. The first-order valence-electron chi connectivity index (χ1n) is 14.6. The Balaban J connectivity index is 0.00000150. The molecule has 0 aliphatic carbocycles. The minimum atomic E-state index is -4.92. The van der Waals surface area contributed by atoms with Gasteiger partial charge in [0.1, 0.15) is 17.6 Å². The van der Waals surface area contributed by atoms with Crippen LogP contribution in [0.25, 0.3) is 0 Å². The van der Waals surface area contributed by atoms with Crippen molar-refractivity contribution in [2.45, 2.75) is 57.9 Å². The van der Waals surface area contributed by atoms with Crippen LogP contribution in [-0.4, -0.2) is 94.2 Å². The molecule has 17 heteroatoms. The van der Waals surface area contributed by atoms with Gasteiger partial charge in [-0.1, -0.05) is 44.2 Å². The quantitative estimate of drug-likeness (QED) is 0.175. The maximum atomic E-state index is 13.6. The third-order valence-electron chi connectivity index (χ3n) is 6.05. The van der Waals surface area contributed by atoms with Crippen molar-refractivity contribution in [3.05, 3.63) is 71.4 Å². The number of halogens is 4. The number of thioether (sulfide) groups is 1. The lowest BCUT2D eigenvalue weighted by Crippen LogP contribution is -2.60. The monoisotopic (exact) mass is 718 g/mol. The fraction of sp³-hybridized carbons (Fsp3) is 0.419. The van der Waals surface area contributed by atoms with Crippen LogP contribution in [-0.2, 0) is 26.1 Å². The molecular formula is C31H42F4N6O5S2. The number of ether oxygens (including phenoxy) is 2. The number of aliphatic imine (C=N–C) groups is 3. The van der Waals surface area contributed by atoms with Crippen molar-refractivity contribution in [2.24, 2.45) is 15.0 Å². The highest BCUT2D eigenvalue weighted by Crippen LogP contribution is 2.27. The van der Waals surface area contributed by atoms with Crippen molar-refractivity contribution < 1.29 is 40.2 Å². The largest absolute Gasteiger partial charge is 0.573 e. The molecule has 266 valence electrons. The average Bonchev–Trinajstić information content (AvgIpc) is 3.07. The van der Waals surface area contributed by atoms with Gasteiger partial charge in [0.15, 0.2) is 12.2 Å². The van der Waals surface area contributed by atoms with Crippen LogP contribution in [0.4, 0.5) is 17.6 Å². The molecule has 0 bridgehead atoms. The summed E-state index contributed by atoms with van der Waals surface area (Å²) in [7, 11) is -2.95. The predicted molar refractivity (Wildman–Crippen MR) is 182 cm³/mol. The van der Waals surface area contributed by atoms with Gasteiger partial charge in [0.25, 0.3) is 0 Å². The van der Waals surface area contributed by atoms with Gasteiger partial charge in [-0.15, -0.1) is 24.9 Å². The van der Waals surface area contributed by atoms with E-state index in [9.17, 15) is 30.8 Å². The van der Waals surface area contributed by atoms with Crippen LogP contribution < -0.4 is 10.1 Å². The van der Waals surface area contributed by atoms with Gasteiger partial charge >= 0.3 is 6.36 Å². The van der Waals surface area contributed by atoms with Crippen LogP contribution >= 0.6 is 11.8 Å². The highest BCUT2D eigenvalue weighted by molar-refractivity contribution is 8.01. The van der Waals surface area contributed by atoms with Gasteiger partial charge in [-0.25, -0.2) is 27.8 Å². The summed E-state index contributed by atoms with van der Waals surface area (Å²) in [6.07, 6.45) is -2.72. The van der Waals surface area contributed by atoms with Crippen LogP contribution in [0.3, 0.4) is 0 Å². The molecule has 1 saturated heterocycles. The molecule has 2 atom stereocenters. The average molecular weight is 719 g/mol. The second-order valence-electron chi connectivity index (χ2n) is 9.40. The van der Waals surface area contributed by atoms with E-state index in [0.717, 1.165) is 34.1 Å². The zero-order valence-corrected chi connectivity index (χ0v) is 29.3. The summed E-state index contributed by atoms with van der Waals surface area (Å²) >= 11 is 1.38. The Bertz CT molecular complexity index is 1470. The molecule has 11 nitrogen and oxygen atoms in total. The lowest BCUT2D eigenvalue weighted by atomic mass is 10.2. The highest BCUT2D eigenvalue weighted by atomic mass is 32.2. The number of piperazine rings is 1. The Morgan fingerprint density at radius 3 is 2.27 bits per heavy atom. The summed E-state index contributed by atoms with van der Waals surface area (Å²) in [4.78, 5) is 27.1. The van der Waals surface area contributed by atoms with Crippen LogP contribution in [0.5, 0.6) is 5.75 Å². The summed E-state index contributed by atoms with van der Waals surface area (Å²) in [5.74, 6) is -0.350. The molecule has 0 spiro atoms. The molecule has 1 N–H and O–H groups in total. The minimum absolute atomic E-state index is 0.0342. The lowest BCUT2D eigenvalue weighted by molar-refractivity contribution is -0.274. The Morgan fingerprint density at radius 2 is 1.75 bits per heavy atom. The number of hydrogen-bond acceptors (Lipinski definition) is 8. The van der Waals surface area contributed by atoms with Gasteiger partial charge in [0.2, 0.25) is 15.9 Å². The standard InChI is InChI=1S/C26H29F3N6O4S2.C3H7FO.C2H6/c1-19(30-2)33-24(17-40-3)32-18-34-13-14-35(23(16-34)25(36)31-15-20-7-5-4-6-8-20)41(37,38)22-11-9-21(10-12-22)39-26(27,28)29;1-3(4)5-2;1-2/h4-12,17-18,23H,2,13-16H2,1,3H3,(H,31,36);3H,1-2H3;1-2H3/b24-17+,32-18+,33-19-;;/t23-;;/m1../s1. The summed E-state index contributed by atoms with van der Waals surface area (Å²) in [5.41, 5.74) is 0.820. The van der Waals surface area contributed by atoms with Gasteiger partial charge in [-0.05, 0) is 56.6 Å². The van der Waals surface area contributed by atoms with Gasteiger partial charge in [0, 0.05) is 38.7 Å². The molecule has 48 heavy (non-hydrogen) atoms. The normalized spacial score (nSPS) is 16.6. The van der Waals surface area contributed by atoms with E-state index in [1.807, 2.05) is 50.4 Å². The predicted octanol–water partition coefficient (Wildman–Crippen LogP) is 5.86. The third-order valence-corrected chi connectivity index (χ3v) is 8.41. The molecule has 1 aliphatic rings. The minimum Gasteiger partial charge on any atom is -0.406 e. The van der Waals surface area contributed by atoms with Crippen molar-refractivity contribution in [1.82, 2.24) is 14.5 Å². The first kappa shape index (κ1) is 42.2. The molecule has 1 amide bonds. The van der Waals surface area contributed by atoms with Crippen LogP contribution in [0.15, 0.2) is 85.7 Å². The summed E-state index contributed by atoms with van der Waals surface area (Å²) in [6.45, 7) is 10.7. The molecule has 0 aromatic heterocycles. The van der Waals surface area contributed by atoms with E-state index >= 15 is 0 Å². The number of benzene rings is 2. The molecule has 0 saturated carbocycles. The number of nitrogens with one attached hydrogen (secondary N) is 1. The Labute approximate surface area is 283 Å². The number of amidine groups is 1. The maximum absolute atomic E-state index is 13.6. The van der Waals surface area contributed by atoms with Crippen LogP contribution in [0.2, 0.25) is 0 Å². The van der Waals surface area contributed by atoms with Crippen molar-refractivity contribution in [3.63, 3.8) is 0 Å². The molecule has 1 unspecified atom stereocenters. The van der Waals surface area contributed by atoms with E-state index in [2.05, 4.69) is 36.5 Å². The van der Waals surface area contributed by atoms with Crippen molar-refractivity contribution >= 4 is 46.6 Å². The van der Waals surface area contributed by atoms with Gasteiger partial charge < -0.3 is 19.7 Å². The van der Waals surface area contributed by atoms with E-state index in [-0.39, 0.29) is 31.1 Å². The number of rotatable bonds is 11. The van der Waals surface area contributed by atoms with Crippen LogP contribution in [0, 0.1) is 0 Å². The topological polar surface area (TPSA) is 125 Å². The van der Waals surface area contributed by atoms with E-state index in [4.69, 9.17) is 0 Å². The molecule has 1 heterocycles. The molecule has 2 aromatic rings. The summed E-state index contributed by atoms with van der Waals surface area (Å²) < 4.78 is 85.0. The number of sulfonamides is 1. The molecule has 3 rings (SSSR count). The fourth-order valence-corrected chi connectivity index (χ4v) is 5.67. The number of nitrogens with zero attached hydrogens (tertiary/aromatic N) is 5. The fourth-order valence-electron chi connectivity index (χ4n) is 3.78. The second kappa shape index (κ2) is 21.2. The first-order valence-corrected chi connectivity index (χ1v) is 17.3. The number of carbonyl (C=O) groups is 1. The van der Waals surface area contributed by atoms with E-state index in [1.165, 1.54) is 32.1 Å². The zero-order chi connectivity index (χ0) is 36.3. The first-order chi connectivity index (χ1) is 22.7. The van der Waals surface area contributed by atoms with E-state index in [1.54, 1.807) is 17.2 Å². The Morgan fingerprint density at radius 1 is 1.15 bits per heavy atom. The molecule has 1 fully saturated rings. The molecular weight excluding hydrogens is 677 g/mol. The summed E-state index contributed by atoms with van der Waals surface area (Å²) in [5, 5.41) is 4.48. The van der Waals surface area contributed by atoms with Gasteiger partial charge in [-0.3, -0.25) is 4.79 Å². The van der Waals surface area contributed by atoms with Crippen molar-refractivity contribution in [2.75, 3.05) is 33.0 Å². The number of amides is 1. The van der Waals surface area contributed by atoms with E-state index in [0.29, 0.717) is 11.7 Å². The Hall–Kier alpha value is -3.80. The number of hydrogen-bond donors (Lipinski definition) is 1. The van der Waals surface area contributed by atoms with Crippen molar-refractivity contribution in [1.29, 1.82) is 0 Å². The smallest absolute Gasteiger partial charge is 0.406 e. The number of carbonyl (C=O) groups excluding carboxylic acids is 1.